The Bertz CT molecular complexity index is 542. The molecule has 0 fully saturated rings. The molecule has 0 saturated heterocycles. The summed E-state index contributed by atoms with van der Waals surface area (Å²) < 4.78 is 0. The molecule has 4 heteroatoms. The highest BCUT2D eigenvalue weighted by atomic mass is 16.4. The molecule has 0 unspecified atom stereocenters. The number of rotatable bonds is 2. The normalized spacial score (nSPS) is 13.6. The van der Waals surface area contributed by atoms with Crippen molar-refractivity contribution in [1.82, 2.24) is 4.90 Å². The van der Waals surface area contributed by atoms with Gasteiger partial charge in [0.25, 0.3) is 0 Å². The van der Waals surface area contributed by atoms with E-state index in [1.807, 2.05) is 6.07 Å². The van der Waals surface area contributed by atoms with Crippen molar-refractivity contribution in [2.45, 2.75) is 19.4 Å². The van der Waals surface area contributed by atoms with E-state index < -0.39 is 5.97 Å². The van der Waals surface area contributed by atoms with E-state index in [1.54, 1.807) is 17.0 Å². The van der Waals surface area contributed by atoms with Crippen LogP contribution in [0.5, 0.6) is 0 Å². The molecule has 1 amide bonds. The Morgan fingerprint density at radius 1 is 1.44 bits per heavy atom. The van der Waals surface area contributed by atoms with E-state index in [0.29, 0.717) is 25.1 Å². The number of hydrogen-bond acceptors (Lipinski definition) is 2. The molecule has 2 rings (SSSR count). The fourth-order valence-electron chi connectivity index (χ4n) is 2.22. The number of amides is 1. The molecule has 1 heterocycles. The van der Waals surface area contributed by atoms with Gasteiger partial charge in [-0.2, -0.15) is 0 Å². The quantitative estimate of drug-likeness (QED) is 0.796. The molecule has 0 spiro atoms. The lowest BCUT2D eigenvalue weighted by molar-refractivity contribution is -0.131. The number of fused-ring (bicyclic) bond motifs is 1. The van der Waals surface area contributed by atoms with Gasteiger partial charge in [0.1, 0.15) is 0 Å². The summed E-state index contributed by atoms with van der Waals surface area (Å²) in [6.07, 6.45) is 5.77. The van der Waals surface area contributed by atoms with Crippen molar-refractivity contribution in [1.29, 1.82) is 0 Å². The van der Waals surface area contributed by atoms with Crippen molar-refractivity contribution in [3.8, 4) is 12.3 Å². The molecule has 0 bridgehead atoms. The molecule has 4 nitrogen and oxygen atoms in total. The summed E-state index contributed by atoms with van der Waals surface area (Å²) in [6.45, 7) is 0.967. The number of terminal acetylenes is 1. The molecule has 0 saturated carbocycles. The zero-order valence-corrected chi connectivity index (χ0v) is 9.85. The average Bonchev–Trinajstić information content (AvgIpc) is 2.37. The highest BCUT2D eigenvalue weighted by Crippen LogP contribution is 2.23. The Hall–Kier alpha value is -2.28. The summed E-state index contributed by atoms with van der Waals surface area (Å²) in [4.78, 5) is 24.5. The third-order valence-electron chi connectivity index (χ3n) is 3.10. The number of nitrogens with zero attached hydrogens (tertiary/aromatic N) is 1. The molecule has 18 heavy (non-hydrogen) atoms. The molecular weight excluding hydrogens is 230 g/mol. The maximum atomic E-state index is 11.7. The number of carbonyl (C=O) groups is 2. The second-order valence-corrected chi connectivity index (χ2v) is 4.19. The number of hydrogen-bond donors (Lipinski definition) is 1. The molecule has 1 aliphatic heterocycles. The number of carboxylic acid groups (broad SMARTS) is 1. The van der Waals surface area contributed by atoms with Crippen molar-refractivity contribution >= 4 is 11.9 Å². The molecule has 1 aromatic rings. The van der Waals surface area contributed by atoms with Crippen LogP contribution < -0.4 is 0 Å². The fraction of sp³-hybridized carbons (Fsp3) is 0.286. The zero-order chi connectivity index (χ0) is 13.1. The van der Waals surface area contributed by atoms with Crippen LogP contribution in [0, 0.1) is 12.3 Å². The molecule has 1 aliphatic rings. The van der Waals surface area contributed by atoms with E-state index >= 15 is 0 Å². The van der Waals surface area contributed by atoms with Gasteiger partial charge >= 0.3 is 5.97 Å². The lowest BCUT2D eigenvalue weighted by atomic mass is 9.94. The van der Waals surface area contributed by atoms with Crippen molar-refractivity contribution in [2.24, 2.45) is 0 Å². The Kier molecular flexibility index (Phi) is 3.33. The maximum Gasteiger partial charge on any atom is 0.335 e. The minimum atomic E-state index is -0.921. The molecule has 0 atom stereocenters. The van der Waals surface area contributed by atoms with Crippen molar-refractivity contribution in [3.63, 3.8) is 0 Å². The van der Waals surface area contributed by atoms with Gasteiger partial charge in [-0.05, 0) is 23.6 Å². The second kappa shape index (κ2) is 4.92. The Morgan fingerprint density at radius 2 is 2.22 bits per heavy atom. The van der Waals surface area contributed by atoms with E-state index in [4.69, 9.17) is 11.5 Å². The van der Waals surface area contributed by atoms with Gasteiger partial charge in [0, 0.05) is 13.1 Å². The fourth-order valence-corrected chi connectivity index (χ4v) is 2.22. The third-order valence-corrected chi connectivity index (χ3v) is 3.10. The lowest BCUT2D eigenvalue weighted by Gasteiger charge is -2.29. The van der Waals surface area contributed by atoms with Crippen LogP contribution in [-0.2, 0) is 17.8 Å². The Labute approximate surface area is 105 Å². The summed E-state index contributed by atoms with van der Waals surface area (Å²) in [5, 5.41) is 9.09. The van der Waals surface area contributed by atoms with Gasteiger partial charge in [-0.15, -0.1) is 6.42 Å². The van der Waals surface area contributed by atoms with E-state index in [9.17, 15) is 9.59 Å². The van der Waals surface area contributed by atoms with Crippen LogP contribution in [0.4, 0.5) is 0 Å². The number of carbonyl (C=O) groups excluding carboxylic acids is 1. The van der Waals surface area contributed by atoms with Crippen LogP contribution in [0.25, 0.3) is 0 Å². The minimum absolute atomic E-state index is 0.0797. The summed E-state index contributed by atoms with van der Waals surface area (Å²) in [7, 11) is 0. The van der Waals surface area contributed by atoms with Gasteiger partial charge in [0.15, 0.2) is 0 Å². The lowest BCUT2D eigenvalue weighted by Crippen LogP contribution is -2.36. The van der Waals surface area contributed by atoms with Crippen LogP contribution >= 0.6 is 0 Å². The number of carboxylic acids is 1. The van der Waals surface area contributed by atoms with Gasteiger partial charge in [-0.1, -0.05) is 18.1 Å². The molecular formula is C14H13NO3. The van der Waals surface area contributed by atoms with Crippen LogP contribution in [0.3, 0.4) is 0 Å². The molecule has 0 aliphatic carbocycles. The standard InChI is InChI=1S/C14H13NO3/c1-2-4-13(16)15-8-7-11-10(9-15)5-3-6-12(11)14(17)18/h1,3,5-6H,4,7-9H2,(H,17,18). The predicted molar refractivity (Wildman–Crippen MR) is 66.0 cm³/mol. The topological polar surface area (TPSA) is 57.6 Å². The van der Waals surface area contributed by atoms with Crippen molar-refractivity contribution in [2.75, 3.05) is 6.54 Å². The second-order valence-electron chi connectivity index (χ2n) is 4.19. The van der Waals surface area contributed by atoms with Gasteiger partial charge in [-0.3, -0.25) is 4.79 Å². The van der Waals surface area contributed by atoms with E-state index in [1.165, 1.54) is 0 Å². The van der Waals surface area contributed by atoms with Crippen LogP contribution in [0.15, 0.2) is 18.2 Å². The van der Waals surface area contributed by atoms with Gasteiger partial charge < -0.3 is 10.0 Å². The highest BCUT2D eigenvalue weighted by molar-refractivity contribution is 5.90. The largest absolute Gasteiger partial charge is 0.478 e. The maximum absolute atomic E-state index is 11.7. The number of benzene rings is 1. The molecule has 92 valence electrons. The first-order chi connectivity index (χ1) is 8.63. The highest BCUT2D eigenvalue weighted by Gasteiger charge is 2.23. The SMILES string of the molecule is C#CCC(=O)N1CCc2c(cccc2C(=O)O)C1. The summed E-state index contributed by atoms with van der Waals surface area (Å²) >= 11 is 0. The van der Waals surface area contributed by atoms with Crippen molar-refractivity contribution < 1.29 is 14.7 Å². The molecule has 0 aromatic heterocycles. The molecule has 1 N–H and O–H groups in total. The average molecular weight is 243 g/mol. The van der Waals surface area contributed by atoms with Crippen LogP contribution in [-0.4, -0.2) is 28.4 Å². The summed E-state index contributed by atoms with van der Waals surface area (Å²) in [6, 6.07) is 5.16. The van der Waals surface area contributed by atoms with Gasteiger partial charge in [-0.25, -0.2) is 4.79 Å². The molecule has 0 radical (unpaired) electrons. The van der Waals surface area contributed by atoms with Gasteiger partial charge in [0.2, 0.25) is 5.91 Å². The monoisotopic (exact) mass is 243 g/mol. The predicted octanol–water partition coefficient (Wildman–Crippen LogP) is 1.29. The first kappa shape index (κ1) is 12.2. The zero-order valence-electron chi connectivity index (χ0n) is 9.85. The first-order valence-electron chi connectivity index (χ1n) is 5.68. The third kappa shape index (κ3) is 2.21. The van der Waals surface area contributed by atoms with Gasteiger partial charge in [0.05, 0.1) is 12.0 Å². The van der Waals surface area contributed by atoms with E-state index in [-0.39, 0.29) is 12.3 Å². The van der Waals surface area contributed by atoms with Crippen LogP contribution in [0.2, 0.25) is 0 Å². The smallest absolute Gasteiger partial charge is 0.335 e. The minimum Gasteiger partial charge on any atom is -0.478 e. The summed E-state index contributed by atoms with van der Waals surface area (Å²) in [5.41, 5.74) is 2.05. The molecule has 1 aromatic carbocycles. The Morgan fingerprint density at radius 3 is 2.89 bits per heavy atom. The first-order valence-corrected chi connectivity index (χ1v) is 5.68. The summed E-state index contributed by atoms with van der Waals surface area (Å²) in [5.74, 6) is 1.33. The Balaban J connectivity index is 2.26. The van der Waals surface area contributed by atoms with E-state index in [2.05, 4.69) is 5.92 Å². The van der Waals surface area contributed by atoms with Crippen molar-refractivity contribution in [3.05, 3.63) is 34.9 Å². The number of aromatic carboxylic acids is 1. The van der Waals surface area contributed by atoms with Crippen LogP contribution in [0.1, 0.15) is 27.9 Å². The van der Waals surface area contributed by atoms with E-state index in [0.717, 1.165) is 11.1 Å².